The van der Waals surface area contributed by atoms with E-state index in [0.29, 0.717) is 4.43 Å². The van der Waals surface area contributed by atoms with Crippen LogP contribution in [0, 0.1) is 5.82 Å². The number of nitrogens with zero attached hydrogens (tertiary/aromatic N) is 1. The third kappa shape index (κ3) is 4.40. The predicted molar refractivity (Wildman–Crippen MR) is 113 cm³/mol. The van der Waals surface area contributed by atoms with Crippen molar-refractivity contribution in [2.75, 3.05) is 11.0 Å². The van der Waals surface area contributed by atoms with Crippen molar-refractivity contribution >= 4 is 34.3 Å². The van der Waals surface area contributed by atoms with Crippen molar-refractivity contribution in [1.29, 1.82) is 0 Å². The highest BCUT2D eigenvalue weighted by Gasteiger charge is 2.37. The molecule has 1 fully saturated rings. The lowest BCUT2D eigenvalue weighted by molar-refractivity contribution is -0.137. The van der Waals surface area contributed by atoms with Gasteiger partial charge in [0.15, 0.2) is 0 Å². The standard InChI is InChI=1S/C21H18F4INO3/c1-11(2)16-7-17(15-4-3-13(22)6-19(15)28)12(5-18(16)21(23,24)25)9-27-14(8-26)10-30-20(27)29/h3-7,14,28H,1,8-10H2,2H3. The minimum absolute atomic E-state index is 0.139. The maximum atomic E-state index is 13.7. The molecule has 1 heterocycles. The maximum Gasteiger partial charge on any atom is 0.417 e. The first-order valence-electron chi connectivity index (χ1n) is 8.91. The first kappa shape index (κ1) is 22.4. The van der Waals surface area contributed by atoms with E-state index in [9.17, 15) is 27.5 Å². The molecule has 0 radical (unpaired) electrons. The zero-order chi connectivity index (χ0) is 22.2. The number of carbonyl (C=O) groups excluding carboxylic acids is 1. The van der Waals surface area contributed by atoms with E-state index in [0.717, 1.165) is 18.2 Å². The molecule has 1 aliphatic heterocycles. The minimum Gasteiger partial charge on any atom is -0.507 e. The normalized spacial score (nSPS) is 16.7. The van der Waals surface area contributed by atoms with E-state index in [1.54, 1.807) is 0 Å². The number of alkyl halides is 4. The smallest absolute Gasteiger partial charge is 0.417 e. The van der Waals surface area contributed by atoms with Gasteiger partial charge in [-0.1, -0.05) is 34.7 Å². The Labute approximate surface area is 184 Å². The summed E-state index contributed by atoms with van der Waals surface area (Å²) in [6.07, 6.45) is -5.27. The van der Waals surface area contributed by atoms with Crippen molar-refractivity contribution in [2.24, 2.45) is 0 Å². The number of cyclic esters (lactones) is 1. The second-order valence-electron chi connectivity index (χ2n) is 7.01. The number of aromatic hydroxyl groups is 1. The molecule has 0 spiro atoms. The molecule has 1 unspecified atom stereocenters. The summed E-state index contributed by atoms with van der Waals surface area (Å²) < 4.78 is 60.3. The van der Waals surface area contributed by atoms with Crippen molar-refractivity contribution in [1.82, 2.24) is 4.90 Å². The van der Waals surface area contributed by atoms with Gasteiger partial charge in [-0.3, -0.25) is 4.90 Å². The van der Waals surface area contributed by atoms with Crippen LogP contribution in [-0.2, 0) is 17.5 Å². The molecule has 2 aromatic rings. The van der Waals surface area contributed by atoms with Gasteiger partial charge < -0.3 is 9.84 Å². The molecule has 160 valence electrons. The van der Waals surface area contributed by atoms with Gasteiger partial charge in [0.2, 0.25) is 0 Å². The first-order valence-corrected chi connectivity index (χ1v) is 10.4. The molecule has 0 bridgehead atoms. The predicted octanol–water partition coefficient (Wildman–Crippen LogP) is 6.01. The van der Waals surface area contributed by atoms with Crippen LogP contribution in [0.1, 0.15) is 23.6 Å². The van der Waals surface area contributed by atoms with E-state index in [1.165, 1.54) is 24.0 Å². The van der Waals surface area contributed by atoms with Crippen molar-refractivity contribution in [3.8, 4) is 16.9 Å². The minimum atomic E-state index is -4.65. The summed E-state index contributed by atoms with van der Waals surface area (Å²) in [7, 11) is 0. The topological polar surface area (TPSA) is 49.8 Å². The zero-order valence-corrected chi connectivity index (χ0v) is 18.1. The summed E-state index contributed by atoms with van der Waals surface area (Å²) in [5.74, 6) is -1.10. The van der Waals surface area contributed by atoms with Crippen LogP contribution in [0.3, 0.4) is 0 Å². The van der Waals surface area contributed by atoms with Gasteiger partial charge in [-0.2, -0.15) is 13.2 Å². The molecule has 0 aliphatic carbocycles. The third-order valence-electron chi connectivity index (χ3n) is 4.85. The number of amides is 1. The third-order valence-corrected chi connectivity index (χ3v) is 5.87. The lowest BCUT2D eigenvalue weighted by Gasteiger charge is -2.24. The van der Waals surface area contributed by atoms with Crippen LogP contribution >= 0.6 is 22.6 Å². The van der Waals surface area contributed by atoms with E-state index in [4.69, 9.17) is 4.74 Å². The molecule has 0 aromatic heterocycles. The molecule has 1 amide bonds. The van der Waals surface area contributed by atoms with Crippen LogP contribution in [0.4, 0.5) is 22.4 Å². The van der Waals surface area contributed by atoms with E-state index < -0.39 is 29.4 Å². The fourth-order valence-corrected chi connectivity index (χ4v) is 4.07. The number of hydrogen-bond donors (Lipinski definition) is 1. The highest BCUT2D eigenvalue weighted by Crippen LogP contribution is 2.41. The Balaban J connectivity index is 2.24. The molecule has 30 heavy (non-hydrogen) atoms. The van der Waals surface area contributed by atoms with Gasteiger partial charge in [-0.25, -0.2) is 9.18 Å². The van der Waals surface area contributed by atoms with Gasteiger partial charge in [-0.15, -0.1) is 0 Å². The first-order chi connectivity index (χ1) is 14.0. The largest absolute Gasteiger partial charge is 0.507 e. The zero-order valence-electron chi connectivity index (χ0n) is 15.9. The van der Waals surface area contributed by atoms with Gasteiger partial charge in [0.25, 0.3) is 0 Å². The van der Waals surface area contributed by atoms with Crippen LogP contribution in [0.15, 0.2) is 36.9 Å². The van der Waals surface area contributed by atoms with Crippen LogP contribution in [0.25, 0.3) is 16.7 Å². The molecule has 1 aliphatic rings. The number of phenolic OH excluding ortho intramolecular Hbond substituents is 1. The van der Waals surface area contributed by atoms with E-state index in [1.807, 2.05) is 0 Å². The maximum absolute atomic E-state index is 13.7. The van der Waals surface area contributed by atoms with Gasteiger partial charge in [0.1, 0.15) is 18.2 Å². The molecule has 1 atom stereocenters. The Bertz CT molecular complexity index is 1010. The molecular formula is C21H18F4INO3. The Morgan fingerprint density at radius 2 is 2.00 bits per heavy atom. The molecule has 1 saturated heterocycles. The lowest BCUT2D eigenvalue weighted by atomic mass is 9.90. The van der Waals surface area contributed by atoms with Crippen LogP contribution in [-0.4, -0.2) is 33.2 Å². The van der Waals surface area contributed by atoms with Gasteiger partial charge >= 0.3 is 12.3 Å². The molecule has 3 rings (SSSR count). The second-order valence-corrected chi connectivity index (χ2v) is 7.89. The average molecular weight is 535 g/mol. The summed E-state index contributed by atoms with van der Waals surface area (Å²) in [4.78, 5) is 13.5. The van der Waals surface area contributed by atoms with Gasteiger partial charge in [-0.05, 0) is 47.9 Å². The Kier molecular flexibility index (Phi) is 6.30. The highest BCUT2D eigenvalue weighted by molar-refractivity contribution is 14.1. The van der Waals surface area contributed by atoms with Crippen molar-refractivity contribution in [2.45, 2.75) is 25.7 Å². The van der Waals surface area contributed by atoms with Gasteiger partial charge in [0, 0.05) is 16.1 Å². The van der Waals surface area contributed by atoms with Crippen molar-refractivity contribution in [3.63, 3.8) is 0 Å². The lowest BCUT2D eigenvalue weighted by Crippen LogP contribution is -2.34. The van der Waals surface area contributed by atoms with E-state index in [2.05, 4.69) is 29.2 Å². The summed E-state index contributed by atoms with van der Waals surface area (Å²) in [5.41, 5.74) is -0.287. The Morgan fingerprint density at radius 3 is 2.57 bits per heavy atom. The molecule has 1 N–H and O–H groups in total. The average Bonchev–Trinajstić information content (AvgIpc) is 3.00. The number of allylic oxidation sites excluding steroid dienone is 1. The second kappa shape index (κ2) is 8.44. The number of phenols is 1. The number of rotatable bonds is 5. The number of carbonyl (C=O) groups is 1. The van der Waals surface area contributed by atoms with Crippen LogP contribution in [0.2, 0.25) is 0 Å². The Hall–Kier alpha value is -2.30. The monoisotopic (exact) mass is 535 g/mol. The Morgan fingerprint density at radius 1 is 1.30 bits per heavy atom. The van der Waals surface area contributed by atoms with Crippen molar-refractivity contribution in [3.05, 3.63) is 59.4 Å². The van der Waals surface area contributed by atoms with Crippen LogP contribution < -0.4 is 0 Å². The van der Waals surface area contributed by atoms with E-state index >= 15 is 0 Å². The fraction of sp³-hybridized carbons (Fsp3) is 0.286. The molecule has 4 nitrogen and oxygen atoms in total. The highest BCUT2D eigenvalue weighted by atomic mass is 127. The summed E-state index contributed by atoms with van der Waals surface area (Å²) >= 11 is 2.07. The molecular weight excluding hydrogens is 517 g/mol. The molecule has 9 heteroatoms. The van der Waals surface area contributed by atoms with Crippen molar-refractivity contribution < 1.29 is 32.2 Å². The number of ether oxygens (including phenoxy) is 1. The number of benzene rings is 2. The number of hydrogen-bond acceptors (Lipinski definition) is 3. The molecule has 2 aromatic carbocycles. The SMILES string of the molecule is C=C(C)c1cc(-c2ccc(F)cc2O)c(CN2C(=O)OCC2CI)cc1C(F)(F)F. The van der Waals surface area contributed by atoms with Gasteiger partial charge in [0.05, 0.1) is 18.2 Å². The van der Waals surface area contributed by atoms with Crippen LogP contribution in [0.5, 0.6) is 5.75 Å². The quantitative estimate of drug-likeness (QED) is 0.290. The summed E-state index contributed by atoms with van der Waals surface area (Å²) in [6, 6.07) is 5.22. The van der Waals surface area contributed by atoms with E-state index in [-0.39, 0.29) is 47.0 Å². The fourth-order valence-electron chi connectivity index (χ4n) is 3.34. The summed E-state index contributed by atoms with van der Waals surface area (Å²) in [5, 5.41) is 10.2. The summed E-state index contributed by atoms with van der Waals surface area (Å²) in [6.45, 7) is 5.07. The number of halogens is 5. The molecule has 0 saturated carbocycles.